The Morgan fingerprint density at radius 3 is 2.63 bits per heavy atom. The summed E-state index contributed by atoms with van der Waals surface area (Å²) in [4.78, 5) is 33.1. The molecule has 0 unspecified atom stereocenters. The highest BCUT2D eigenvalue weighted by Crippen LogP contribution is 2.36. The van der Waals surface area contributed by atoms with E-state index in [4.69, 9.17) is 0 Å². The first-order chi connectivity index (χ1) is 14.6. The fourth-order valence-corrected chi connectivity index (χ4v) is 4.81. The third-order valence-electron chi connectivity index (χ3n) is 5.65. The summed E-state index contributed by atoms with van der Waals surface area (Å²) in [6.07, 6.45) is 2.87. The molecule has 2 amide bonds. The van der Waals surface area contributed by atoms with Crippen LogP contribution in [-0.4, -0.2) is 41.3 Å². The average Bonchev–Trinajstić information content (AvgIpc) is 3.46. The van der Waals surface area contributed by atoms with Gasteiger partial charge in [0.15, 0.2) is 0 Å². The summed E-state index contributed by atoms with van der Waals surface area (Å²) >= 11 is 1.71. The van der Waals surface area contributed by atoms with Crippen molar-refractivity contribution in [1.82, 2.24) is 15.2 Å². The number of thiophene rings is 1. The number of benzene rings is 1. The Hall–Kier alpha value is -2.99. The van der Waals surface area contributed by atoms with Crippen LogP contribution in [0.1, 0.15) is 29.4 Å². The van der Waals surface area contributed by atoms with Gasteiger partial charge in [0.2, 0.25) is 5.91 Å². The quantitative estimate of drug-likeness (QED) is 0.656. The molecule has 1 N–H and O–H groups in total. The van der Waals surface area contributed by atoms with Crippen LogP contribution in [0, 0.1) is 5.41 Å². The van der Waals surface area contributed by atoms with Gasteiger partial charge >= 0.3 is 0 Å². The summed E-state index contributed by atoms with van der Waals surface area (Å²) in [5, 5.41) is 5.06. The maximum Gasteiger partial charge on any atom is 0.272 e. The number of hydrogen-bond acceptors (Lipinski definition) is 4. The van der Waals surface area contributed by atoms with E-state index >= 15 is 0 Å². The summed E-state index contributed by atoms with van der Waals surface area (Å²) in [6.45, 7) is 3.46. The van der Waals surface area contributed by atoms with E-state index in [9.17, 15) is 9.59 Å². The second-order valence-electron chi connectivity index (χ2n) is 7.68. The van der Waals surface area contributed by atoms with Gasteiger partial charge in [-0.25, -0.2) is 0 Å². The number of carbonyl (C=O) groups is 2. The molecule has 0 radical (unpaired) electrons. The molecular formula is C24H25N3O2S. The van der Waals surface area contributed by atoms with Crippen molar-refractivity contribution in [2.24, 2.45) is 5.41 Å². The van der Waals surface area contributed by atoms with Crippen LogP contribution in [0.4, 0.5) is 0 Å². The van der Waals surface area contributed by atoms with E-state index in [0.717, 1.165) is 5.56 Å². The Kier molecular flexibility index (Phi) is 5.95. The largest absolute Gasteiger partial charge is 0.356 e. The lowest BCUT2D eigenvalue weighted by Gasteiger charge is -2.28. The minimum atomic E-state index is -0.620. The van der Waals surface area contributed by atoms with Crippen molar-refractivity contribution in [3.8, 4) is 10.4 Å². The number of nitrogens with one attached hydrogen (secondary N) is 1. The highest BCUT2D eigenvalue weighted by atomic mass is 32.1. The molecule has 3 aromatic rings. The first-order valence-corrected chi connectivity index (χ1v) is 11.1. The third kappa shape index (κ3) is 4.14. The van der Waals surface area contributed by atoms with Gasteiger partial charge in [0.1, 0.15) is 5.69 Å². The standard InChI is InChI=1S/C24H25N3O2S/c1-2-25-23(29)24(12-14-27(17-24)22(28)20-6-3-4-13-26-20)16-18-8-10-19(11-9-18)21-7-5-15-30-21/h3-11,13,15H,2,12,14,16-17H2,1H3,(H,25,29)/t24-/m1/s1. The lowest BCUT2D eigenvalue weighted by atomic mass is 9.79. The van der Waals surface area contributed by atoms with Crippen LogP contribution in [0.25, 0.3) is 10.4 Å². The summed E-state index contributed by atoms with van der Waals surface area (Å²) < 4.78 is 0. The van der Waals surface area contributed by atoms with Crippen molar-refractivity contribution in [2.75, 3.05) is 19.6 Å². The number of carbonyl (C=O) groups excluding carboxylic acids is 2. The van der Waals surface area contributed by atoms with Crippen molar-refractivity contribution in [1.29, 1.82) is 0 Å². The van der Waals surface area contributed by atoms with Crippen LogP contribution in [0.15, 0.2) is 66.2 Å². The minimum absolute atomic E-state index is 0.0173. The number of amides is 2. The Morgan fingerprint density at radius 2 is 1.97 bits per heavy atom. The van der Waals surface area contributed by atoms with Crippen LogP contribution >= 0.6 is 11.3 Å². The normalized spacial score (nSPS) is 18.4. The molecule has 154 valence electrons. The number of aromatic nitrogens is 1. The SMILES string of the molecule is CCNC(=O)[C@@]1(Cc2ccc(-c3cccs3)cc2)CCN(C(=O)c2ccccn2)C1. The van der Waals surface area contributed by atoms with E-state index < -0.39 is 5.41 Å². The van der Waals surface area contributed by atoms with E-state index in [1.807, 2.05) is 19.1 Å². The molecule has 0 aliphatic carbocycles. The maximum absolute atomic E-state index is 13.1. The van der Waals surface area contributed by atoms with E-state index in [1.54, 1.807) is 34.6 Å². The van der Waals surface area contributed by atoms with Crippen molar-refractivity contribution in [3.63, 3.8) is 0 Å². The highest BCUT2D eigenvalue weighted by Gasteiger charge is 2.46. The van der Waals surface area contributed by atoms with Gasteiger partial charge in [0.25, 0.3) is 5.91 Å². The number of pyridine rings is 1. The molecule has 1 fully saturated rings. The van der Waals surface area contributed by atoms with Gasteiger partial charge in [-0.2, -0.15) is 0 Å². The van der Waals surface area contributed by atoms with E-state index in [2.05, 4.69) is 46.0 Å². The van der Waals surface area contributed by atoms with Crippen LogP contribution < -0.4 is 5.32 Å². The molecule has 1 atom stereocenters. The lowest BCUT2D eigenvalue weighted by Crippen LogP contribution is -2.45. The van der Waals surface area contributed by atoms with Gasteiger partial charge in [-0.15, -0.1) is 11.3 Å². The zero-order chi connectivity index (χ0) is 21.0. The van der Waals surface area contributed by atoms with Gasteiger partial charge in [0.05, 0.1) is 5.41 Å². The maximum atomic E-state index is 13.1. The zero-order valence-electron chi connectivity index (χ0n) is 17.0. The molecule has 1 saturated heterocycles. The monoisotopic (exact) mass is 419 g/mol. The molecule has 3 heterocycles. The minimum Gasteiger partial charge on any atom is -0.356 e. The van der Waals surface area contributed by atoms with Gasteiger partial charge in [-0.05, 0) is 54.5 Å². The lowest BCUT2D eigenvalue weighted by molar-refractivity contribution is -0.130. The Morgan fingerprint density at radius 1 is 1.13 bits per heavy atom. The summed E-state index contributed by atoms with van der Waals surface area (Å²) in [6, 6.07) is 17.9. The fraction of sp³-hybridized carbons (Fsp3) is 0.292. The van der Waals surface area contributed by atoms with E-state index in [-0.39, 0.29) is 11.8 Å². The Bertz CT molecular complexity index is 1000. The number of hydrogen-bond donors (Lipinski definition) is 1. The van der Waals surface area contributed by atoms with Crippen LogP contribution in [0.3, 0.4) is 0 Å². The first kappa shape index (κ1) is 20.3. The molecular weight excluding hydrogens is 394 g/mol. The molecule has 0 spiro atoms. The summed E-state index contributed by atoms with van der Waals surface area (Å²) in [5.74, 6) is -0.0986. The van der Waals surface area contributed by atoms with Crippen molar-refractivity contribution < 1.29 is 9.59 Å². The summed E-state index contributed by atoms with van der Waals surface area (Å²) in [5.41, 5.74) is 2.09. The van der Waals surface area contributed by atoms with Crippen molar-refractivity contribution in [2.45, 2.75) is 19.8 Å². The predicted molar refractivity (Wildman–Crippen MR) is 119 cm³/mol. The number of rotatable bonds is 6. The highest BCUT2D eigenvalue weighted by molar-refractivity contribution is 7.13. The zero-order valence-corrected chi connectivity index (χ0v) is 17.8. The Balaban J connectivity index is 1.55. The van der Waals surface area contributed by atoms with Crippen molar-refractivity contribution >= 4 is 23.2 Å². The van der Waals surface area contributed by atoms with E-state index in [1.165, 1.54) is 10.4 Å². The van der Waals surface area contributed by atoms with Crippen LogP contribution in [0.5, 0.6) is 0 Å². The smallest absolute Gasteiger partial charge is 0.272 e. The first-order valence-electron chi connectivity index (χ1n) is 10.2. The van der Waals surface area contributed by atoms with Gasteiger partial charge in [-0.1, -0.05) is 36.4 Å². The molecule has 6 heteroatoms. The molecule has 4 rings (SSSR count). The second kappa shape index (κ2) is 8.79. The summed E-state index contributed by atoms with van der Waals surface area (Å²) in [7, 11) is 0. The molecule has 2 aromatic heterocycles. The molecule has 0 bridgehead atoms. The molecule has 5 nitrogen and oxygen atoms in total. The molecule has 1 aliphatic rings. The average molecular weight is 420 g/mol. The molecule has 1 aromatic carbocycles. The fourth-order valence-electron chi connectivity index (χ4n) is 4.08. The van der Waals surface area contributed by atoms with Gasteiger partial charge in [-0.3, -0.25) is 14.6 Å². The molecule has 30 heavy (non-hydrogen) atoms. The second-order valence-corrected chi connectivity index (χ2v) is 8.63. The van der Waals surface area contributed by atoms with Gasteiger partial charge < -0.3 is 10.2 Å². The van der Waals surface area contributed by atoms with E-state index in [0.29, 0.717) is 38.2 Å². The van der Waals surface area contributed by atoms with Crippen molar-refractivity contribution in [3.05, 3.63) is 77.4 Å². The van der Waals surface area contributed by atoms with Crippen LogP contribution in [-0.2, 0) is 11.2 Å². The number of likely N-dealkylation sites (tertiary alicyclic amines) is 1. The van der Waals surface area contributed by atoms with Crippen LogP contribution in [0.2, 0.25) is 0 Å². The van der Waals surface area contributed by atoms with Gasteiger partial charge in [0, 0.05) is 30.7 Å². The predicted octanol–water partition coefficient (Wildman–Crippen LogP) is 4.02. The topological polar surface area (TPSA) is 62.3 Å². The Labute approximate surface area is 180 Å². The molecule has 0 saturated carbocycles. The third-order valence-corrected chi connectivity index (χ3v) is 6.57. The number of nitrogens with zero attached hydrogens (tertiary/aromatic N) is 2. The molecule has 1 aliphatic heterocycles.